The Morgan fingerprint density at radius 1 is 1.68 bits per heavy atom. The zero-order valence-corrected chi connectivity index (χ0v) is 11.8. The Kier molecular flexibility index (Phi) is 4.37. The monoisotopic (exact) mass is 278 g/mol. The molecule has 2 rings (SSSR count). The fourth-order valence-electron chi connectivity index (χ4n) is 2.47. The maximum absolute atomic E-state index is 12.2. The number of piperidine rings is 1. The zero-order valence-electron chi connectivity index (χ0n) is 11.0. The average molecular weight is 278 g/mol. The van der Waals surface area contributed by atoms with Crippen molar-refractivity contribution in [2.24, 2.45) is 5.92 Å². The van der Waals surface area contributed by atoms with Gasteiger partial charge in [0.15, 0.2) is 0 Å². The standard InChI is InChI=1S/C14H18N2O2S/c1-3-8-15-14(18)10-6-7-12(17)16(2)13(10)11-5-4-9-19-11/h3-5,9-10,13H,1,6-8H2,2H3,(H,15,18)/t10-,13+/m0/s1. The second kappa shape index (κ2) is 6.02. The first-order valence-electron chi connectivity index (χ1n) is 6.32. The Morgan fingerprint density at radius 3 is 3.11 bits per heavy atom. The van der Waals surface area contributed by atoms with E-state index in [1.165, 1.54) is 0 Å². The van der Waals surface area contributed by atoms with Gasteiger partial charge in [0.05, 0.1) is 12.0 Å². The van der Waals surface area contributed by atoms with Crippen LogP contribution in [0.1, 0.15) is 23.8 Å². The first-order valence-corrected chi connectivity index (χ1v) is 7.20. The van der Waals surface area contributed by atoms with E-state index >= 15 is 0 Å². The third-order valence-corrected chi connectivity index (χ3v) is 4.40. The fraction of sp³-hybridized carbons (Fsp3) is 0.429. The smallest absolute Gasteiger partial charge is 0.225 e. The van der Waals surface area contributed by atoms with Gasteiger partial charge in [-0.25, -0.2) is 0 Å². The summed E-state index contributed by atoms with van der Waals surface area (Å²) in [5, 5.41) is 4.81. The molecule has 2 atom stereocenters. The lowest BCUT2D eigenvalue weighted by Crippen LogP contribution is -2.46. The van der Waals surface area contributed by atoms with Crippen LogP contribution < -0.4 is 5.32 Å². The Bertz CT molecular complexity index is 470. The first kappa shape index (κ1) is 13.8. The maximum Gasteiger partial charge on any atom is 0.225 e. The van der Waals surface area contributed by atoms with Crippen molar-refractivity contribution < 1.29 is 9.59 Å². The second-order valence-electron chi connectivity index (χ2n) is 4.64. The van der Waals surface area contributed by atoms with Gasteiger partial charge < -0.3 is 10.2 Å². The fourth-order valence-corrected chi connectivity index (χ4v) is 3.40. The Labute approximate surface area is 117 Å². The van der Waals surface area contributed by atoms with Crippen LogP contribution in [0.25, 0.3) is 0 Å². The molecule has 0 unspecified atom stereocenters. The molecule has 1 N–H and O–H groups in total. The van der Waals surface area contributed by atoms with Gasteiger partial charge in [-0.05, 0) is 17.9 Å². The lowest BCUT2D eigenvalue weighted by atomic mass is 9.87. The van der Waals surface area contributed by atoms with Crippen LogP contribution in [-0.4, -0.2) is 30.3 Å². The van der Waals surface area contributed by atoms with Crippen molar-refractivity contribution in [2.75, 3.05) is 13.6 Å². The van der Waals surface area contributed by atoms with E-state index in [0.717, 1.165) is 4.88 Å². The van der Waals surface area contributed by atoms with Crippen molar-refractivity contribution in [1.82, 2.24) is 10.2 Å². The van der Waals surface area contributed by atoms with Crippen molar-refractivity contribution in [3.63, 3.8) is 0 Å². The number of carbonyl (C=O) groups is 2. The van der Waals surface area contributed by atoms with Gasteiger partial charge in [0.2, 0.25) is 11.8 Å². The van der Waals surface area contributed by atoms with Gasteiger partial charge in [0.25, 0.3) is 0 Å². The third kappa shape index (κ3) is 2.87. The van der Waals surface area contributed by atoms with Gasteiger partial charge in [-0.3, -0.25) is 9.59 Å². The molecular formula is C14H18N2O2S. The zero-order chi connectivity index (χ0) is 13.8. The van der Waals surface area contributed by atoms with Crippen molar-refractivity contribution in [3.8, 4) is 0 Å². The Morgan fingerprint density at radius 2 is 2.47 bits per heavy atom. The number of hydrogen-bond acceptors (Lipinski definition) is 3. The Hall–Kier alpha value is -1.62. The van der Waals surface area contributed by atoms with E-state index in [1.807, 2.05) is 17.5 Å². The molecule has 1 aromatic heterocycles. The van der Waals surface area contributed by atoms with Gasteiger partial charge in [-0.1, -0.05) is 12.1 Å². The van der Waals surface area contributed by atoms with Crippen LogP contribution in [0, 0.1) is 5.92 Å². The number of nitrogens with one attached hydrogen (secondary N) is 1. The number of hydrogen-bond donors (Lipinski definition) is 1. The molecule has 1 fully saturated rings. The van der Waals surface area contributed by atoms with Gasteiger partial charge in [0, 0.05) is 24.9 Å². The van der Waals surface area contributed by atoms with E-state index in [0.29, 0.717) is 19.4 Å². The predicted molar refractivity (Wildman–Crippen MR) is 75.8 cm³/mol. The number of rotatable bonds is 4. The summed E-state index contributed by atoms with van der Waals surface area (Å²) in [6, 6.07) is 3.79. The summed E-state index contributed by atoms with van der Waals surface area (Å²) < 4.78 is 0. The van der Waals surface area contributed by atoms with Gasteiger partial charge in [-0.15, -0.1) is 17.9 Å². The van der Waals surface area contributed by atoms with E-state index in [4.69, 9.17) is 0 Å². The summed E-state index contributed by atoms with van der Waals surface area (Å²) in [4.78, 5) is 26.9. The summed E-state index contributed by atoms with van der Waals surface area (Å²) in [5.41, 5.74) is 0. The van der Waals surface area contributed by atoms with Crippen LogP contribution in [-0.2, 0) is 9.59 Å². The van der Waals surface area contributed by atoms with Crippen LogP contribution in [0.2, 0.25) is 0 Å². The molecule has 2 amide bonds. The molecule has 0 spiro atoms. The molecular weight excluding hydrogens is 260 g/mol. The number of thiophene rings is 1. The first-order chi connectivity index (χ1) is 9.15. The predicted octanol–water partition coefficient (Wildman–Crippen LogP) is 1.96. The lowest BCUT2D eigenvalue weighted by Gasteiger charge is -2.37. The maximum atomic E-state index is 12.2. The highest BCUT2D eigenvalue weighted by Gasteiger charge is 2.39. The molecule has 2 heterocycles. The van der Waals surface area contributed by atoms with E-state index < -0.39 is 0 Å². The SMILES string of the molecule is C=CCNC(=O)[C@H]1CCC(=O)N(C)[C@H]1c1cccs1. The summed E-state index contributed by atoms with van der Waals surface area (Å²) in [7, 11) is 1.78. The molecule has 1 aliphatic rings. The van der Waals surface area contributed by atoms with Crippen LogP contribution in [0.5, 0.6) is 0 Å². The minimum atomic E-state index is -0.179. The molecule has 1 aliphatic heterocycles. The number of carbonyl (C=O) groups excluding carboxylic acids is 2. The summed E-state index contributed by atoms with van der Waals surface area (Å²) in [6.07, 6.45) is 2.70. The molecule has 1 aromatic rings. The third-order valence-electron chi connectivity index (χ3n) is 3.45. The topological polar surface area (TPSA) is 49.4 Å². The van der Waals surface area contributed by atoms with E-state index in [2.05, 4.69) is 11.9 Å². The highest BCUT2D eigenvalue weighted by atomic mass is 32.1. The molecule has 0 bridgehead atoms. The van der Waals surface area contributed by atoms with E-state index in [-0.39, 0.29) is 23.8 Å². The van der Waals surface area contributed by atoms with Crippen molar-refractivity contribution in [2.45, 2.75) is 18.9 Å². The Balaban J connectivity index is 2.22. The largest absolute Gasteiger partial charge is 0.352 e. The van der Waals surface area contributed by atoms with Crippen LogP contribution in [0.3, 0.4) is 0 Å². The summed E-state index contributed by atoms with van der Waals surface area (Å²) >= 11 is 1.59. The number of nitrogens with zero attached hydrogens (tertiary/aromatic N) is 1. The van der Waals surface area contributed by atoms with Gasteiger partial charge in [-0.2, -0.15) is 0 Å². The quantitative estimate of drug-likeness (QED) is 0.856. The molecule has 19 heavy (non-hydrogen) atoms. The van der Waals surface area contributed by atoms with E-state index in [1.54, 1.807) is 29.4 Å². The molecule has 0 aromatic carbocycles. The minimum absolute atomic E-state index is 0.00218. The second-order valence-corrected chi connectivity index (χ2v) is 5.62. The molecule has 5 heteroatoms. The van der Waals surface area contributed by atoms with Crippen LogP contribution >= 0.6 is 11.3 Å². The van der Waals surface area contributed by atoms with Gasteiger partial charge >= 0.3 is 0 Å². The van der Waals surface area contributed by atoms with Crippen LogP contribution in [0.15, 0.2) is 30.2 Å². The molecule has 0 saturated carbocycles. The van der Waals surface area contributed by atoms with Crippen molar-refractivity contribution in [3.05, 3.63) is 35.0 Å². The highest BCUT2D eigenvalue weighted by Crippen LogP contribution is 2.37. The molecule has 1 saturated heterocycles. The molecule has 0 aliphatic carbocycles. The molecule has 102 valence electrons. The number of amides is 2. The molecule has 4 nitrogen and oxygen atoms in total. The number of likely N-dealkylation sites (tertiary alicyclic amines) is 1. The highest BCUT2D eigenvalue weighted by molar-refractivity contribution is 7.10. The van der Waals surface area contributed by atoms with Crippen molar-refractivity contribution >= 4 is 23.2 Å². The minimum Gasteiger partial charge on any atom is -0.352 e. The van der Waals surface area contributed by atoms with Crippen LogP contribution in [0.4, 0.5) is 0 Å². The van der Waals surface area contributed by atoms with Crippen molar-refractivity contribution in [1.29, 1.82) is 0 Å². The summed E-state index contributed by atoms with van der Waals surface area (Å²) in [6.45, 7) is 4.06. The lowest BCUT2D eigenvalue weighted by molar-refractivity contribution is -0.141. The van der Waals surface area contributed by atoms with E-state index in [9.17, 15) is 9.59 Å². The average Bonchev–Trinajstić information content (AvgIpc) is 2.92. The molecule has 0 radical (unpaired) electrons. The summed E-state index contributed by atoms with van der Waals surface area (Å²) in [5.74, 6) is -0.0786. The normalized spacial score (nSPS) is 23.2. The van der Waals surface area contributed by atoms with Gasteiger partial charge in [0.1, 0.15) is 0 Å².